The van der Waals surface area contributed by atoms with Gasteiger partial charge in [-0.1, -0.05) is 6.07 Å². The number of pyridine rings is 1. The number of nitrogens with zero attached hydrogens (tertiary/aromatic N) is 6. The summed E-state index contributed by atoms with van der Waals surface area (Å²) in [5.74, 6) is -2.55. The molecule has 2 aromatic rings. The van der Waals surface area contributed by atoms with Gasteiger partial charge in [-0.05, 0) is 31.2 Å². The maximum Gasteiger partial charge on any atom is 0.416 e. The fourth-order valence-electron chi connectivity index (χ4n) is 6.76. The lowest BCUT2D eigenvalue weighted by Gasteiger charge is -2.44. The van der Waals surface area contributed by atoms with Gasteiger partial charge in [0.2, 0.25) is 17.7 Å². The van der Waals surface area contributed by atoms with Crippen LogP contribution in [0.3, 0.4) is 0 Å². The molecule has 1 aromatic heterocycles. The number of hydrogen-bond donors (Lipinski definition) is 1. The molecule has 14 heteroatoms. The molecule has 6 rings (SSSR count). The minimum atomic E-state index is -4.67. The number of alkyl halides is 3. The Balaban J connectivity index is 1.33. The van der Waals surface area contributed by atoms with Crippen LogP contribution in [0.15, 0.2) is 30.3 Å². The zero-order chi connectivity index (χ0) is 30.6. The Kier molecular flexibility index (Phi) is 7.53. The summed E-state index contributed by atoms with van der Waals surface area (Å²) in [6, 6.07) is 4.64. The molecule has 0 saturated carbocycles. The van der Waals surface area contributed by atoms with Gasteiger partial charge in [0.1, 0.15) is 23.7 Å². The van der Waals surface area contributed by atoms with Crippen molar-refractivity contribution in [1.82, 2.24) is 20.1 Å². The van der Waals surface area contributed by atoms with Crippen LogP contribution in [-0.4, -0.2) is 104 Å². The Morgan fingerprint density at radius 2 is 1.79 bits per heavy atom. The van der Waals surface area contributed by atoms with Crippen molar-refractivity contribution in [3.8, 4) is 0 Å². The number of halogens is 4. The SMILES string of the molecule is Cc1cc(C(F)(F)F)cc(N2C(=O)C[C@@H]3CN(CCN4CCN5CCNC[C@H]5C4=O)c4c(F)cccc4N(C)C(=O)[C@H]32)n1. The fourth-order valence-corrected chi connectivity index (χ4v) is 6.76. The van der Waals surface area contributed by atoms with Gasteiger partial charge in [-0.25, -0.2) is 9.37 Å². The van der Waals surface area contributed by atoms with Gasteiger partial charge in [0.25, 0.3) is 0 Å². The van der Waals surface area contributed by atoms with Gasteiger partial charge in [-0.2, -0.15) is 13.2 Å². The van der Waals surface area contributed by atoms with E-state index in [9.17, 15) is 27.6 Å². The molecule has 1 N–H and O–H groups in total. The summed E-state index contributed by atoms with van der Waals surface area (Å²) in [6.07, 6.45) is -4.80. The average Bonchev–Trinajstić information content (AvgIpc) is 3.29. The first-order valence-electron chi connectivity index (χ1n) is 14.4. The highest BCUT2D eigenvalue weighted by atomic mass is 19.4. The average molecular weight is 604 g/mol. The van der Waals surface area contributed by atoms with Gasteiger partial charge in [0.15, 0.2) is 0 Å². The van der Waals surface area contributed by atoms with Crippen LogP contribution >= 0.6 is 0 Å². The van der Waals surface area contributed by atoms with Crippen molar-refractivity contribution in [3.05, 3.63) is 47.4 Å². The van der Waals surface area contributed by atoms with E-state index < -0.39 is 41.3 Å². The van der Waals surface area contributed by atoms with Crippen LogP contribution in [0.1, 0.15) is 17.7 Å². The number of amides is 3. The van der Waals surface area contributed by atoms with E-state index in [0.29, 0.717) is 19.6 Å². The molecule has 3 atom stereocenters. The van der Waals surface area contributed by atoms with Crippen LogP contribution < -0.4 is 20.0 Å². The van der Waals surface area contributed by atoms with E-state index >= 15 is 4.39 Å². The first-order valence-corrected chi connectivity index (χ1v) is 14.4. The summed E-state index contributed by atoms with van der Waals surface area (Å²) in [6.45, 7) is 5.47. The monoisotopic (exact) mass is 603 g/mol. The number of rotatable bonds is 4. The van der Waals surface area contributed by atoms with E-state index in [-0.39, 0.29) is 54.3 Å². The first kappa shape index (κ1) is 29.3. The molecule has 10 nitrogen and oxygen atoms in total. The number of carbonyl (C=O) groups excluding carboxylic acids is 3. The zero-order valence-electron chi connectivity index (χ0n) is 23.9. The molecule has 5 heterocycles. The van der Waals surface area contributed by atoms with Crippen LogP contribution in [0.5, 0.6) is 0 Å². The van der Waals surface area contributed by atoms with Crippen LogP contribution in [0.4, 0.5) is 34.8 Å². The highest BCUT2D eigenvalue weighted by Gasteiger charge is 2.49. The number of likely N-dealkylation sites (N-methyl/N-ethyl adjacent to an activating group) is 1. The number of anilines is 3. The summed E-state index contributed by atoms with van der Waals surface area (Å²) < 4.78 is 56.4. The molecule has 230 valence electrons. The molecule has 0 spiro atoms. The smallest absolute Gasteiger partial charge is 0.365 e. The summed E-state index contributed by atoms with van der Waals surface area (Å²) in [5, 5.41) is 3.26. The van der Waals surface area contributed by atoms with Crippen LogP contribution in [0, 0.1) is 18.7 Å². The Hall–Kier alpha value is -3.78. The predicted molar refractivity (Wildman–Crippen MR) is 150 cm³/mol. The van der Waals surface area contributed by atoms with Gasteiger partial charge in [0, 0.05) is 77.4 Å². The standard InChI is InChI=1S/C29H33F4N7O3/c1-17-12-19(29(31,32)33)14-23(35-17)40-24(41)13-18-16-39(11-10-38-9-8-37-7-6-34-15-22(37)27(38)42)26-20(30)4-3-5-21(26)36(2)28(43)25(18)40/h3-5,12,14,18,22,25,34H,6-11,13,15-16H2,1-2H3/t18-,22+,25+/m1/s1. The van der Waals surface area contributed by atoms with Gasteiger partial charge in [0.05, 0.1) is 16.9 Å². The van der Waals surface area contributed by atoms with E-state index in [0.717, 1.165) is 36.7 Å². The normalized spacial score (nSPS) is 25.0. The molecular weight excluding hydrogens is 570 g/mol. The molecule has 0 radical (unpaired) electrons. The lowest BCUT2D eigenvalue weighted by atomic mass is 9.95. The van der Waals surface area contributed by atoms with Gasteiger partial charge < -0.3 is 20.0 Å². The van der Waals surface area contributed by atoms with Crippen molar-refractivity contribution in [2.24, 2.45) is 5.92 Å². The fraction of sp³-hybridized carbons (Fsp3) is 0.517. The van der Waals surface area contributed by atoms with Crippen LogP contribution in [-0.2, 0) is 20.6 Å². The Morgan fingerprint density at radius 1 is 1.02 bits per heavy atom. The van der Waals surface area contributed by atoms with Crippen molar-refractivity contribution in [2.45, 2.75) is 31.6 Å². The molecule has 4 aliphatic heterocycles. The second kappa shape index (κ2) is 11.1. The number of aromatic nitrogens is 1. The number of benzene rings is 1. The molecule has 4 aliphatic rings. The lowest BCUT2D eigenvalue weighted by Crippen LogP contribution is -2.64. The van der Waals surface area contributed by atoms with Crippen molar-refractivity contribution < 1.29 is 31.9 Å². The van der Waals surface area contributed by atoms with E-state index in [4.69, 9.17) is 0 Å². The van der Waals surface area contributed by atoms with Crippen LogP contribution in [0.25, 0.3) is 0 Å². The Morgan fingerprint density at radius 3 is 2.56 bits per heavy atom. The van der Waals surface area contributed by atoms with Crippen molar-refractivity contribution in [1.29, 1.82) is 0 Å². The first-order chi connectivity index (χ1) is 20.4. The molecule has 3 fully saturated rings. The van der Waals surface area contributed by atoms with E-state index in [1.165, 1.54) is 31.0 Å². The number of fused-ring (bicyclic) bond motifs is 3. The largest absolute Gasteiger partial charge is 0.416 e. The maximum absolute atomic E-state index is 15.5. The third-order valence-corrected chi connectivity index (χ3v) is 8.87. The van der Waals surface area contributed by atoms with Crippen molar-refractivity contribution in [2.75, 3.05) is 74.1 Å². The minimum Gasteiger partial charge on any atom is -0.365 e. The van der Waals surface area contributed by atoms with Crippen molar-refractivity contribution in [3.63, 3.8) is 0 Å². The predicted octanol–water partition coefficient (Wildman–Crippen LogP) is 1.87. The number of nitrogens with one attached hydrogen (secondary N) is 1. The molecular formula is C29H33F4N7O3. The number of para-hydroxylation sites is 1. The maximum atomic E-state index is 15.5. The Labute approximate surface area is 246 Å². The molecule has 1 aromatic carbocycles. The highest BCUT2D eigenvalue weighted by Crippen LogP contribution is 2.41. The lowest BCUT2D eigenvalue weighted by molar-refractivity contribution is -0.142. The molecule has 0 bridgehead atoms. The summed E-state index contributed by atoms with van der Waals surface area (Å²) in [4.78, 5) is 52.8. The second-order valence-electron chi connectivity index (χ2n) is 11.6. The third kappa shape index (κ3) is 5.30. The molecule has 43 heavy (non-hydrogen) atoms. The zero-order valence-corrected chi connectivity index (χ0v) is 23.9. The second-order valence-corrected chi connectivity index (χ2v) is 11.6. The Bertz CT molecular complexity index is 1450. The number of aryl methyl sites for hydroxylation is 1. The van der Waals surface area contributed by atoms with Gasteiger partial charge >= 0.3 is 6.18 Å². The van der Waals surface area contributed by atoms with E-state index in [2.05, 4.69) is 15.2 Å². The van der Waals surface area contributed by atoms with Gasteiger partial charge in [-0.15, -0.1) is 0 Å². The number of piperazine rings is 2. The van der Waals surface area contributed by atoms with E-state index in [1.807, 2.05) is 0 Å². The number of hydrogen-bond acceptors (Lipinski definition) is 7. The summed E-state index contributed by atoms with van der Waals surface area (Å²) >= 11 is 0. The molecule has 0 aliphatic carbocycles. The molecule has 0 unspecified atom stereocenters. The third-order valence-electron chi connectivity index (χ3n) is 8.87. The summed E-state index contributed by atoms with van der Waals surface area (Å²) in [5.41, 5.74) is -0.464. The molecule has 3 saturated heterocycles. The van der Waals surface area contributed by atoms with Crippen LogP contribution in [0.2, 0.25) is 0 Å². The quantitative estimate of drug-likeness (QED) is 0.534. The van der Waals surface area contributed by atoms with E-state index in [1.54, 1.807) is 15.9 Å². The van der Waals surface area contributed by atoms with Gasteiger partial charge in [-0.3, -0.25) is 24.2 Å². The minimum absolute atomic E-state index is 0.00219. The highest BCUT2D eigenvalue weighted by molar-refractivity contribution is 6.10. The van der Waals surface area contributed by atoms with Crippen molar-refractivity contribution >= 4 is 34.9 Å². The topological polar surface area (TPSA) is 92.3 Å². The number of carbonyl (C=O) groups is 3. The molecule has 3 amide bonds. The summed E-state index contributed by atoms with van der Waals surface area (Å²) in [7, 11) is 1.46.